The van der Waals surface area contributed by atoms with Crippen molar-refractivity contribution in [3.8, 4) is 0 Å². The van der Waals surface area contributed by atoms with Crippen LogP contribution in [0, 0.1) is 46.3 Å². The van der Waals surface area contributed by atoms with E-state index in [-0.39, 0.29) is 12.2 Å². The van der Waals surface area contributed by atoms with Gasteiger partial charge >= 0.3 is 6.09 Å². The Bertz CT molecular complexity index is 748. The van der Waals surface area contributed by atoms with Crippen molar-refractivity contribution in [3.63, 3.8) is 0 Å². The molecule has 4 nitrogen and oxygen atoms in total. The van der Waals surface area contributed by atoms with Crippen molar-refractivity contribution in [2.45, 2.75) is 111 Å². The van der Waals surface area contributed by atoms with Crippen molar-refractivity contribution in [2.24, 2.45) is 52.1 Å². The highest BCUT2D eigenvalue weighted by atomic mass is 16.6. The van der Waals surface area contributed by atoms with Crippen molar-refractivity contribution in [1.82, 2.24) is 5.32 Å². The molecule has 0 saturated heterocycles. The average molecular weight is 473 g/mol. The fourth-order valence-corrected chi connectivity index (χ4v) is 9.12. The van der Waals surface area contributed by atoms with Crippen molar-refractivity contribution in [2.75, 3.05) is 13.1 Å². The molecule has 3 N–H and O–H groups in total. The van der Waals surface area contributed by atoms with Gasteiger partial charge in [-0.25, -0.2) is 4.79 Å². The van der Waals surface area contributed by atoms with E-state index >= 15 is 0 Å². The highest BCUT2D eigenvalue weighted by Gasteiger charge is 2.59. The fraction of sp³-hybridized carbons (Fsp3) is 0.900. The van der Waals surface area contributed by atoms with Crippen molar-refractivity contribution < 1.29 is 9.53 Å². The van der Waals surface area contributed by atoms with E-state index in [4.69, 9.17) is 10.5 Å². The van der Waals surface area contributed by atoms with Gasteiger partial charge in [0.1, 0.15) is 6.10 Å². The van der Waals surface area contributed by atoms with Gasteiger partial charge in [0.25, 0.3) is 0 Å². The third-order valence-corrected chi connectivity index (χ3v) is 10.9. The molecule has 3 saturated carbocycles. The lowest BCUT2D eigenvalue weighted by Gasteiger charge is -2.58. The second kappa shape index (κ2) is 10.5. The van der Waals surface area contributed by atoms with Gasteiger partial charge in [-0.15, -0.1) is 0 Å². The summed E-state index contributed by atoms with van der Waals surface area (Å²) >= 11 is 0. The fourth-order valence-electron chi connectivity index (χ4n) is 9.12. The van der Waals surface area contributed by atoms with Gasteiger partial charge in [0.05, 0.1) is 0 Å². The zero-order chi connectivity index (χ0) is 24.5. The Kier molecular flexibility index (Phi) is 8.06. The standard InChI is InChI=1S/C30H52N2O2/c1-20(2)7-6-8-21(3)25-11-12-26-24-10-9-22-19-23(34-28(33)32-18-17-31)13-15-29(22,4)27(24)14-16-30(25,26)5/h9,20-21,23-27H,6-8,10-19,31H2,1-5H3,(H,32,33)/t21-,23?,24?,25-,26?,27?,29+,30-/m1/s1. The summed E-state index contributed by atoms with van der Waals surface area (Å²) in [6.07, 6.45) is 16.5. The van der Waals surface area contributed by atoms with Gasteiger partial charge < -0.3 is 15.8 Å². The number of fused-ring (bicyclic) bond motifs is 5. The molecule has 0 spiro atoms. The quantitative estimate of drug-likeness (QED) is 0.371. The maximum Gasteiger partial charge on any atom is 0.407 e. The molecule has 1 amide bonds. The van der Waals surface area contributed by atoms with Gasteiger partial charge in [-0.3, -0.25) is 0 Å². The smallest absolute Gasteiger partial charge is 0.407 e. The zero-order valence-electron chi connectivity index (χ0n) is 22.7. The van der Waals surface area contributed by atoms with Crippen molar-refractivity contribution >= 4 is 6.09 Å². The van der Waals surface area contributed by atoms with Crippen LogP contribution in [0.3, 0.4) is 0 Å². The summed E-state index contributed by atoms with van der Waals surface area (Å²) in [5, 5.41) is 2.76. The predicted octanol–water partition coefficient (Wildman–Crippen LogP) is 7.08. The minimum absolute atomic E-state index is 0.0186. The van der Waals surface area contributed by atoms with Gasteiger partial charge in [0, 0.05) is 19.5 Å². The highest BCUT2D eigenvalue weighted by Crippen LogP contribution is 2.67. The maximum atomic E-state index is 12.1. The molecule has 0 heterocycles. The minimum atomic E-state index is -0.304. The number of nitrogens with two attached hydrogens (primary N) is 1. The largest absolute Gasteiger partial charge is 0.446 e. The SMILES string of the molecule is CC(C)CCC[C@@H](C)[C@H]1CCC2C3CC=C4CC(OC(=O)NCCN)CC[C@]4(C)C3CC[C@@]21C. The second-order valence-electron chi connectivity index (χ2n) is 13.3. The van der Waals surface area contributed by atoms with Crippen LogP contribution >= 0.6 is 0 Å². The molecule has 4 rings (SSSR count). The van der Waals surface area contributed by atoms with Crippen LogP contribution in [-0.4, -0.2) is 25.3 Å². The topological polar surface area (TPSA) is 64.3 Å². The number of nitrogens with one attached hydrogen (secondary N) is 1. The van der Waals surface area contributed by atoms with Gasteiger partial charge in [-0.05, 0) is 91.3 Å². The lowest BCUT2D eigenvalue weighted by molar-refractivity contribution is -0.0581. The third kappa shape index (κ3) is 4.95. The first-order valence-electron chi connectivity index (χ1n) is 14.5. The molecule has 194 valence electrons. The van der Waals surface area contributed by atoms with Crippen LogP contribution in [-0.2, 0) is 4.74 Å². The Labute approximate surface area is 209 Å². The van der Waals surface area contributed by atoms with E-state index in [2.05, 4.69) is 46.0 Å². The minimum Gasteiger partial charge on any atom is -0.446 e. The molecule has 0 aromatic rings. The van der Waals surface area contributed by atoms with Gasteiger partial charge in [-0.2, -0.15) is 0 Å². The van der Waals surface area contributed by atoms with Gasteiger partial charge in [0.15, 0.2) is 0 Å². The van der Waals surface area contributed by atoms with E-state index in [9.17, 15) is 4.79 Å². The Morgan fingerprint density at radius 1 is 1.12 bits per heavy atom. The summed E-state index contributed by atoms with van der Waals surface area (Å²) in [5.74, 6) is 5.18. The van der Waals surface area contributed by atoms with Crippen LogP contribution in [0.5, 0.6) is 0 Å². The molecular formula is C30H52N2O2. The Morgan fingerprint density at radius 3 is 2.65 bits per heavy atom. The summed E-state index contributed by atoms with van der Waals surface area (Å²) in [5.41, 5.74) is 7.93. The van der Waals surface area contributed by atoms with E-state index < -0.39 is 0 Å². The van der Waals surface area contributed by atoms with Crippen LogP contribution in [0.15, 0.2) is 11.6 Å². The van der Waals surface area contributed by atoms with Crippen LogP contribution in [0.25, 0.3) is 0 Å². The maximum absolute atomic E-state index is 12.1. The highest BCUT2D eigenvalue weighted by molar-refractivity contribution is 5.67. The number of carbonyl (C=O) groups excluding carboxylic acids is 1. The summed E-state index contributed by atoms with van der Waals surface area (Å²) in [4.78, 5) is 12.1. The summed E-state index contributed by atoms with van der Waals surface area (Å²) in [6, 6.07) is 0. The number of allylic oxidation sites excluding steroid dienone is 1. The number of hydrogen-bond donors (Lipinski definition) is 2. The normalized spacial score (nSPS) is 40.1. The Hall–Kier alpha value is -1.03. The number of carbonyl (C=O) groups is 1. The molecule has 4 aliphatic rings. The molecule has 0 aliphatic heterocycles. The lowest BCUT2D eigenvalue weighted by atomic mass is 9.47. The molecule has 4 unspecified atom stereocenters. The molecule has 0 aromatic carbocycles. The van der Waals surface area contributed by atoms with E-state index in [1.165, 1.54) is 51.4 Å². The van der Waals surface area contributed by atoms with E-state index in [1.54, 1.807) is 5.57 Å². The monoisotopic (exact) mass is 472 g/mol. The number of amides is 1. The first kappa shape index (κ1) is 26.0. The predicted molar refractivity (Wildman–Crippen MR) is 140 cm³/mol. The summed E-state index contributed by atoms with van der Waals surface area (Å²) < 4.78 is 5.75. The van der Waals surface area contributed by atoms with E-state index in [0.717, 1.165) is 54.8 Å². The zero-order valence-corrected chi connectivity index (χ0v) is 22.7. The molecular weight excluding hydrogens is 420 g/mol. The Morgan fingerprint density at radius 2 is 1.91 bits per heavy atom. The number of hydrogen-bond acceptors (Lipinski definition) is 3. The lowest BCUT2D eigenvalue weighted by Crippen LogP contribution is -2.51. The molecule has 8 atom stereocenters. The summed E-state index contributed by atoms with van der Waals surface area (Å²) in [7, 11) is 0. The van der Waals surface area contributed by atoms with Crippen LogP contribution in [0.4, 0.5) is 4.79 Å². The van der Waals surface area contributed by atoms with Crippen LogP contribution < -0.4 is 11.1 Å². The summed E-state index contributed by atoms with van der Waals surface area (Å²) in [6.45, 7) is 13.4. The third-order valence-electron chi connectivity index (χ3n) is 10.9. The van der Waals surface area contributed by atoms with Gasteiger partial charge in [0.2, 0.25) is 0 Å². The molecule has 0 radical (unpaired) electrons. The first-order chi connectivity index (χ1) is 16.2. The van der Waals surface area contributed by atoms with E-state index in [0.29, 0.717) is 23.9 Å². The Balaban J connectivity index is 1.41. The second-order valence-corrected chi connectivity index (χ2v) is 13.3. The van der Waals surface area contributed by atoms with Crippen molar-refractivity contribution in [3.05, 3.63) is 11.6 Å². The number of rotatable bonds is 8. The van der Waals surface area contributed by atoms with Gasteiger partial charge in [-0.1, -0.05) is 65.5 Å². The van der Waals surface area contributed by atoms with E-state index in [1.807, 2.05) is 0 Å². The molecule has 3 fully saturated rings. The number of alkyl carbamates (subject to hydrolysis) is 1. The molecule has 0 aromatic heterocycles. The average Bonchev–Trinajstić information content (AvgIpc) is 3.15. The van der Waals surface area contributed by atoms with Crippen molar-refractivity contribution in [1.29, 1.82) is 0 Å². The molecule has 34 heavy (non-hydrogen) atoms. The number of ether oxygens (including phenoxy) is 1. The first-order valence-corrected chi connectivity index (χ1v) is 14.5. The molecule has 4 aliphatic carbocycles. The molecule has 0 bridgehead atoms. The molecule has 4 heteroatoms. The van der Waals surface area contributed by atoms with Crippen LogP contribution in [0.2, 0.25) is 0 Å². The van der Waals surface area contributed by atoms with Crippen LogP contribution in [0.1, 0.15) is 105 Å².